The number of halogens is 1. The summed E-state index contributed by atoms with van der Waals surface area (Å²) in [5, 5.41) is 1.04. The molecule has 0 radical (unpaired) electrons. The summed E-state index contributed by atoms with van der Waals surface area (Å²) in [4.78, 5) is 29.8. The minimum Gasteiger partial charge on any atom is -0.350 e. The van der Waals surface area contributed by atoms with Gasteiger partial charge in [0.05, 0.1) is 19.8 Å². The summed E-state index contributed by atoms with van der Waals surface area (Å²) in [6, 6.07) is 7.26. The van der Waals surface area contributed by atoms with Crippen molar-refractivity contribution in [2.75, 3.05) is 19.0 Å². The molecule has 0 saturated carbocycles. The van der Waals surface area contributed by atoms with E-state index in [1.807, 2.05) is 32.9 Å². The van der Waals surface area contributed by atoms with Gasteiger partial charge in [-0.05, 0) is 37.3 Å². The highest BCUT2D eigenvalue weighted by Gasteiger charge is 2.29. The molecule has 1 aromatic carbocycles. The first-order chi connectivity index (χ1) is 13.3. The standard InChI is InChI=1S/C19H24ClN3O4S/c1-4-28-17-21-16(24)22(10-14-11-26-19(2,3)27-12-14)18(25)23(17)9-13-5-7-15(20)8-6-13/h5-8,14H,4,9-12H2,1-3H3. The fraction of sp³-hybridized carbons (Fsp3) is 0.526. The molecule has 2 heterocycles. The number of thioether (sulfide) groups is 1. The van der Waals surface area contributed by atoms with Gasteiger partial charge >= 0.3 is 11.4 Å². The smallest absolute Gasteiger partial charge is 0.350 e. The van der Waals surface area contributed by atoms with Crippen molar-refractivity contribution < 1.29 is 9.47 Å². The van der Waals surface area contributed by atoms with Crippen LogP contribution in [-0.2, 0) is 22.6 Å². The summed E-state index contributed by atoms with van der Waals surface area (Å²) in [7, 11) is 0. The lowest BCUT2D eigenvalue weighted by molar-refractivity contribution is -0.263. The molecule has 9 heteroatoms. The van der Waals surface area contributed by atoms with Crippen LogP contribution in [0.3, 0.4) is 0 Å². The minimum atomic E-state index is -0.643. The lowest BCUT2D eigenvalue weighted by atomic mass is 10.1. The van der Waals surface area contributed by atoms with Crippen LogP contribution >= 0.6 is 23.4 Å². The van der Waals surface area contributed by atoms with E-state index in [1.54, 1.807) is 12.1 Å². The highest BCUT2D eigenvalue weighted by atomic mass is 35.5. The molecule has 0 unspecified atom stereocenters. The van der Waals surface area contributed by atoms with E-state index < -0.39 is 11.5 Å². The van der Waals surface area contributed by atoms with E-state index >= 15 is 0 Å². The van der Waals surface area contributed by atoms with Crippen LogP contribution < -0.4 is 11.4 Å². The Bertz CT molecular complexity index is 930. The van der Waals surface area contributed by atoms with Gasteiger partial charge in [-0.15, -0.1) is 0 Å². The molecule has 1 aliphatic rings. The highest BCUT2D eigenvalue weighted by molar-refractivity contribution is 7.99. The van der Waals surface area contributed by atoms with E-state index in [0.29, 0.717) is 35.7 Å². The Kier molecular flexibility index (Phi) is 6.65. The van der Waals surface area contributed by atoms with Crippen LogP contribution in [-0.4, -0.2) is 38.9 Å². The van der Waals surface area contributed by atoms with Gasteiger partial charge in [-0.2, -0.15) is 4.98 Å². The first kappa shape index (κ1) is 21.1. The largest absolute Gasteiger partial charge is 0.354 e. The molecule has 0 spiro atoms. The van der Waals surface area contributed by atoms with Gasteiger partial charge < -0.3 is 9.47 Å². The van der Waals surface area contributed by atoms with E-state index in [1.165, 1.54) is 20.9 Å². The van der Waals surface area contributed by atoms with Gasteiger partial charge in [0.2, 0.25) is 0 Å². The van der Waals surface area contributed by atoms with Gasteiger partial charge in [0.15, 0.2) is 10.9 Å². The highest BCUT2D eigenvalue weighted by Crippen LogP contribution is 2.21. The maximum atomic E-state index is 13.1. The Morgan fingerprint density at radius 2 is 1.82 bits per heavy atom. The topological polar surface area (TPSA) is 75.4 Å². The van der Waals surface area contributed by atoms with Crippen LogP contribution in [0.2, 0.25) is 5.02 Å². The van der Waals surface area contributed by atoms with Crippen molar-refractivity contribution in [3.05, 3.63) is 55.8 Å². The monoisotopic (exact) mass is 425 g/mol. The zero-order valence-electron chi connectivity index (χ0n) is 16.2. The fourth-order valence-corrected chi connectivity index (χ4v) is 3.73. The van der Waals surface area contributed by atoms with Gasteiger partial charge in [-0.1, -0.05) is 42.4 Å². The summed E-state index contributed by atoms with van der Waals surface area (Å²) in [5.41, 5.74) is -0.0172. The molecule has 0 aliphatic carbocycles. The molecule has 28 heavy (non-hydrogen) atoms. The predicted octanol–water partition coefficient (Wildman–Crippen LogP) is 2.62. The Labute approximate surface area is 172 Å². The zero-order valence-corrected chi connectivity index (χ0v) is 17.8. The Hall–Kier alpha value is -1.61. The average Bonchev–Trinajstić information content (AvgIpc) is 2.65. The first-order valence-electron chi connectivity index (χ1n) is 9.16. The maximum absolute atomic E-state index is 13.1. The number of hydrogen-bond donors (Lipinski definition) is 0. The van der Waals surface area contributed by atoms with E-state index in [0.717, 1.165) is 5.56 Å². The number of aromatic nitrogens is 3. The molecule has 1 saturated heterocycles. The number of rotatable bonds is 6. The van der Waals surface area contributed by atoms with Crippen LogP contribution in [0.15, 0.2) is 39.0 Å². The molecule has 1 fully saturated rings. The van der Waals surface area contributed by atoms with Gasteiger partial charge in [0.1, 0.15) is 0 Å². The summed E-state index contributed by atoms with van der Waals surface area (Å²) < 4.78 is 14.0. The van der Waals surface area contributed by atoms with E-state index in [9.17, 15) is 9.59 Å². The third kappa shape index (κ3) is 5.05. The summed E-state index contributed by atoms with van der Waals surface area (Å²) in [6.07, 6.45) is 0. The second-order valence-electron chi connectivity index (χ2n) is 7.10. The number of nitrogens with zero attached hydrogens (tertiary/aromatic N) is 3. The molecule has 0 bridgehead atoms. The zero-order chi connectivity index (χ0) is 20.3. The third-order valence-corrected chi connectivity index (χ3v) is 5.53. The first-order valence-corrected chi connectivity index (χ1v) is 10.5. The quantitative estimate of drug-likeness (QED) is 0.662. The SMILES string of the molecule is CCSc1nc(=O)n(CC2COC(C)(C)OC2)c(=O)n1Cc1ccc(Cl)cc1. The van der Waals surface area contributed by atoms with Crippen LogP contribution in [0.25, 0.3) is 0 Å². The van der Waals surface area contributed by atoms with Gasteiger partial charge in [-0.25, -0.2) is 14.2 Å². The summed E-state index contributed by atoms with van der Waals surface area (Å²) >= 11 is 7.32. The van der Waals surface area contributed by atoms with Crippen molar-refractivity contribution in [3.8, 4) is 0 Å². The molecule has 0 N–H and O–H groups in total. The van der Waals surface area contributed by atoms with E-state index in [-0.39, 0.29) is 18.2 Å². The van der Waals surface area contributed by atoms with Crippen molar-refractivity contribution in [1.29, 1.82) is 0 Å². The predicted molar refractivity (Wildman–Crippen MR) is 109 cm³/mol. The van der Waals surface area contributed by atoms with Crippen molar-refractivity contribution >= 4 is 23.4 Å². The summed E-state index contributed by atoms with van der Waals surface area (Å²) in [5.74, 6) is -0.0275. The van der Waals surface area contributed by atoms with Crippen molar-refractivity contribution in [2.45, 2.75) is 44.8 Å². The second-order valence-corrected chi connectivity index (χ2v) is 8.77. The molecule has 2 aromatic rings. The molecular weight excluding hydrogens is 402 g/mol. The molecular formula is C19H24ClN3O4S. The van der Waals surface area contributed by atoms with Crippen molar-refractivity contribution in [2.24, 2.45) is 5.92 Å². The summed E-state index contributed by atoms with van der Waals surface area (Å²) in [6.45, 7) is 6.99. The maximum Gasteiger partial charge on any atom is 0.354 e. The molecule has 1 aliphatic heterocycles. The molecule has 0 atom stereocenters. The third-order valence-electron chi connectivity index (χ3n) is 4.42. The van der Waals surface area contributed by atoms with E-state index in [2.05, 4.69) is 4.98 Å². The van der Waals surface area contributed by atoms with Crippen LogP contribution in [0, 0.1) is 5.92 Å². The van der Waals surface area contributed by atoms with Gasteiger partial charge in [0.25, 0.3) is 0 Å². The lowest BCUT2D eigenvalue weighted by Crippen LogP contribution is -2.47. The normalized spacial score (nSPS) is 17.0. The number of hydrogen-bond acceptors (Lipinski definition) is 6. The lowest BCUT2D eigenvalue weighted by Gasteiger charge is -2.34. The molecule has 152 valence electrons. The van der Waals surface area contributed by atoms with Gasteiger partial charge in [0, 0.05) is 17.5 Å². The van der Waals surface area contributed by atoms with Crippen molar-refractivity contribution in [3.63, 3.8) is 0 Å². The van der Waals surface area contributed by atoms with E-state index in [4.69, 9.17) is 21.1 Å². The number of ether oxygens (including phenoxy) is 2. The Morgan fingerprint density at radius 3 is 2.43 bits per heavy atom. The molecule has 3 rings (SSSR count). The van der Waals surface area contributed by atoms with Gasteiger partial charge in [-0.3, -0.25) is 4.57 Å². The van der Waals surface area contributed by atoms with Crippen molar-refractivity contribution in [1.82, 2.24) is 14.1 Å². The molecule has 7 nitrogen and oxygen atoms in total. The van der Waals surface area contributed by atoms with Crippen LogP contribution in [0.5, 0.6) is 0 Å². The fourth-order valence-electron chi connectivity index (χ4n) is 2.91. The second kappa shape index (κ2) is 8.82. The number of benzene rings is 1. The van der Waals surface area contributed by atoms with Crippen LogP contribution in [0.4, 0.5) is 0 Å². The Balaban J connectivity index is 1.91. The minimum absolute atomic E-state index is 0.0890. The molecule has 0 amide bonds. The average molecular weight is 426 g/mol. The van der Waals surface area contributed by atoms with Crippen LogP contribution in [0.1, 0.15) is 26.3 Å². The Morgan fingerprint density at radius 1 is 1.18 bits per heavy atom. The molecule has 1 aromatic heterocycles.